The molecule has 0 saturated heterocycles. The number of carboxylic acid groups (broad SMARTS) is 1. The molecule has 7 heteroatoms. The van der Waals surface area contributed by atoms with Gasteiger partial charge in [-0.3, -0.25) is 9.20 Å². The molecule has 0 spiro atoms. The number of alkyl halides is 2. The lowest BCUT2D eigenvalue weighted by Crippen LogP contribution is -2.31. The minimum Gasteiger partial charge on any atom is -0.477 e. The molecule has 0 bridgehead atoms. The van der Waals surface area contributed by atoms with E-state index in [1.54, 1.807) is 60.1 Å². The van der Waals surface area contributed by atoms with Crippen molar-refractivity contribution in [3.8, 4) is 0 Å². The summed E-state index contributed by atoms with van der Waals surface area (Å²) < 4.78 is 31.2. The number of aryl methyl sites for hydroxylation is 1. The molecule has 0 aliphatic carbocycles. The van der Waals surface area contributed by atoms with E-state index in [0.717, 1.165) is 0 Å². The number of pyridine rings is 1. The lowest BCUT2D eigenvalue weighted by molar-refractivity contribution is -0.164. The fourth-order valence-corrected chi connectivity index (χ4v) is 3.50. The predicted octanol–water partition coefficient (Wildman–Crippen LogP) is 3.21. The third-order valence-corrected chi connectivity index (χ3v) is 4.68. The van der Waals surface area contributed by atoms with Gasteiger partial charge < -0.3 is 9.67 Å². The topological polar surface area (TPSA) is 63.7 Å². The molecule has 4 rings (SSSR count). The number of para-hydroxylation sites is 2. The van der Waals surface area contributed by atoms with Crippen LogP contribution in [0.15, 0.2) is 53.3 Å². The molecule has 2 aromatic heterocycles. The minimum absolute atomic E-state index is 0.131. The zero-order chi connectivity index (χ0) is 18.6. The van der Waals surface area contributed by atoms with Gasteiger partial charge in [0, 0.05) is 18.0 Å². The van der Waals surface area contributed by atoms with Gasteiger partial charge in [-0.15, -0.1) is 0 Å². The molecule has 0 aliphatic rings. The normalized spacial score (nSPS) is 12.3. The molecule has 0 radical (unpaired) electrons. The van der Waals surface area contributed by atoms with E-state index in [1.807, 2.05) is 0 Å². The summed E-state index contributed by atoms with van der Waals surface area (Å²) in [7, 11) is 1.67. The van der Waals surface area contributed by atoms with Gasteiger partial charge in [-0.25, -0.2) is 4.79 Å². The van der Waals surface area contributed by atoms with Gasteiger partial charge in [0.1, 0.15) is 5.65 Å². The second-order valence-corrected chi connectivity index (χ2v) is 6.22. The number of benzene rings is 2. The van der Waals surface area contributed by atoms with Gasteiger partial charge in [0.25, 0.3) is 5.56 Å². The van der Waals surface area contributed by atoms with Gasteiger partial charge >= 0.3 is 11.9 Å². The number of hydrogen-bond donors (Lipinski definition) is 1. The van der Waals surface area contributed by atoms with Crippen LogP contribution in [0.3, 0.4) is 0 Å². The summed E-state index contributed by atoms with van der Waals surface area (Å²) in [6, 6.07) is 13.5. The number of halogens is 2. The highest BCUT2D eigenvalue weighted by molar-refractivity contribution is 5.94. The van der Waals surface area contributed by atoms with Crippen molar-refractivity contribution in [2.24, 2.45) is 7.05 Å². The van der Waals surface area contributed by atoms with Crippen LogP contribution >= 0.6 is 0 Å². The fourth-order valence-electron chi connectivity index (χ4n) is 3.50. The van der Waals surface area contributed by atoms with E-state index >= 15 is 0 Å². The summed E-state index contributed by atoms with van der Waals surface area (Å²) in [4.78, 5) is 24.0. The summed E-state index contributed by atoms with van der Waals surface area (Å²) in [5.74, 6) is -6.14. The Bertz CT molecular complexity index is 1250. The summed E-state index contributed by atoms with van der Waals surface area (Å²) in [6.07, 6.45) is -1.00. The van der Waals surface area contributed by atoms with E-state index in [0.29, 0.717) is 16.4 Å². The highest BCUT2D eigenvalue weighted by Gasteiger charge is 2.40. The number of imidazole rings is 1. The van der Waals surface area contributed by atoms with Crippen LogP contribution in [-0.4, -0.2) is 26.0 Å². The van der Waals surface area contributed by atoms with E-state index in [2.05, 4.69) is 0 Å². The summed E-state index contributed by atoms with van der Waals surface area (Å²) >= 11 is 0. The van der Waals surface area contributed by atoms with Crippen LogP contribution in [0.4, 0.5) is 8.78 Å². The molecule has 0 aliphatic heterocycles. The lowest BCUT2D eigenvalue weighted by atomic mass is 10.0. The Morgan fingerprint density at radius 2 is 1.62 bits per heavy atom. The molecule has 5 nitrogen and oxygen atoms in total. The van der Waals surface area contributed by atoms with Crippen LogP contribution in [-0.2, 0) is 18.3 Å². The minimum atomic E-state index is -3.95. The molecular weight excluding hydrogens is 342 g/mol. The highest BCUT2D eigenvalue weighted by Crippen LogP contribution is 2.31. The van der Waals surface area contributed by atoms with Crippen LogP contribution in [0.5, 0.6) is 0 Å². The largest absolute Gasteiger partial charge is 0.477 e. The standard InChI is InChI=1S/C19H14F2N2O3/c1-22-14-8-4-5-9-15(14)23-16(22)13(10-19(20,21)18(25)26)11-6-2-3-7-12(11)17(23)24/h2-9H,10H2,1H3,(H,25,26). The Morgan fingerprint density at radius 1 is 1.04 bits per heavy atom. The summed E-state index contributed by atoms with van der Waals surface area (Å²) in [5.41, 5.74) is 1.36. The number of carboxylic acids is 1. The maximum atomic E-state index is 14.1. The highest BCUT2D eigenvalue weighted by atomic mass is 19.3. The zero-order valence-corrected chi connectivity index (χ0v) is 13.7. The second-order valence-electron chi connectivity index (χ2n) is 6.22. The summed E-state index contributed by atoms with van der Waals surface area (Å²) in [5, 5.41) is 9.50. The van der Waals surface area contributed by atoms with Crippen molar-refractivity contribution in [1.82, 2.24) is 8.97 Å². The second kappa shape index (κ2) is 5.39. The van der Waals surface area contributed by atoms with Crippen LogP contribution < -0.4 is 5.56 Å². The van der Waals surface area contributed by atoms with E-state index in [1.165, 1.54) is 4.40 Å². The Hall–Kier alpha value is -3.22. The van der Waals surface area contributed by atoms with E-state index < -0.39 is 18.3 Å². The molecule has 0 fully saturated rings. The third-order valence-electron chi connectivity index (χ3n) is 4.68. The van der Waals surface area contributed by atoms with Crippen molar-refractivity contribution in [1.29, 1.82) is 0 Å². The maximum absolute atomic E-state index is 14.1. The zero-order valence-electron chi connectivity index (χ0n) is 13.7. The maximum Gasteiger partial charge on any atom is 0.374 e. The molecule has 2 aromatic carbocycles. The fraction of sp³-hybridized carbons (Fsp3) is 0.158. The first kappa shape index (κ1) is 16.3. The van der Waals surface area contributed by atoms with Crippen molar-refractivity contribution < 1.29 is 18.7 Å². The first-order valence-corrected chi connectivity index (χ1v) is 7.94. The van der Waals surface area contributed by atoms with Gasteiger partial charge in [0.05, 0.1) is 17.5 Å². The number of nitrogens with zero attached hydrogens (tertiary/aromatic N) is 2. The molecule has 0 saturated carbocycles. The van der Waals surface area contributed by atoms with Crippen LogP contribution in [0, 0.1) is 0 Å². The van der Waals surface area contributed by atoms with Crippen molar-refractivity contribution in [2.75, 3.05) is 0 Å². The smallest absolute Gasteiger partial charge is 0.374 e. The van der Waals surface area contributed by atoms with Gasteiger partial charge in [0.15, 0.2) is 0 Å². The quantitative estimate of drug-likeness (QED) is 0.613. The molecule has 0 amide bonds. The van der Waals surface area contributed by atoms with Gasteiger partial charge in [0.2, 0.25) is 0 Å². The molecule has 2 heterocycles. The molecular formula is C19H14F2N2O3. The average molecular weight is 356 g/mol. The van der Waals surface area contributed by atoms with Crippen LogP contribution in [0.1, 0.15) is 5.56 Å². The van der Waals surface area contributed by atoms with E-state index in [9.17, 15) is 18.4 Å². The number of aliphatic carboxylic acids is 1. The first-order chi connectivity index (χ1) is 12.3. The van der Waals surface area contributed by atoms with Crippen molar-refractivity contribution in [3.63, 3.8) is 0 Å². The van der Waals surface area contributed by atoms with E-state index in [4.69, 9.17) is 5.11 Å². The number of hydrogen-bond acceptors (Lipinski definition) is 2. The Balaban J connectivity index is 2.25. The molecule has 4 aromatic rings. The van der Waals surface area contributed by atoms with Gasteiger partial charge in [-0.05, 0) is 23.6 Å². The molecule has 26 heavy (non-hydrogen) atoms. The first-order valence-electron chi connectivity index (χ1n) is 7.94. The molecule has 132 valence electrons. The molecule has 0 atom stereocenters. The monoisotopic (exact) mass is 356 g/mol. The Morgan fingerprint density at radius 3 is 2.27 bits per heavy atom. The van der Waals surface area contributed by atoms with Crippen molar-refractivity contribution >= 4 is 33.4 Å². The van der Waals surface area contributed by atoms with Gasteiger partial charge in [-0.1, -0.05) is 30.3 Å². The van der Waals surface area contributed by atoms with Crippen LogP contribution in [0.25, 0.3) is 27.5 Å². The van der Waals surface area contributed by atoms with E-state index in [-0.39, 0.29) is 22.2 Å². The predicted molar refractivity (Wildman–Crippen MR) is 93.9 cm³/mol. The summed E-state index contributed by atoms with van der Waals surface area (Å²) in [6.45, 7) is 0. The number of aromatic nitrogens is 2. The average Bonchev–Trinajstić information content (AvgIpc) is 2.92. The molecule has 0 unspecified atom stereocenters. The number of rotatable bonds is 3. The van der Waals surface area contributed by atoms with Gasteiger partial charge in [-0.2, -0.15) is 8.78 Å². The molecule has 1 N–H and O–H groups in total. The Kier molecular flexibility index (Phi) is 3.37. The number of fused-ring (bicyclic) bond motifs is 4. The van der Waals surface area contributed by atoms with Crippen molar-refractivity contribution in [3.05, 3.63) is 64.4 Å². The SMILES string of the molecule is Cn1c2ccccc2n2c(=O)c3ccccc3c(CC(F)(F)C(=O)O)c12. The van der Waals surface area contributed by atoms with Crippen LogP contribution in [0.2, 0.25) is 0 Å². The van der Waals surface area contributed by atoms with Crippen molar-refractivity contribution in [2.45, 2.75) is 12.3 Å². The Labute approximate surface area is 145 Å². The third kappa shape index (κ3) is 2.13. The number of carbonyl (C=O) groups is 1. The lowest BCUT2D eigenvalue weighted by Gasteiger charge is -2.15.